The van der Waals surface area contributed by atoms with Crippen LogP contribution in [-0.4, -0.2) is 37.6 Å². The molecule has 1 aliphatic rings. The molecule has 0 spiro atoms. The quantitative estimate of drug-likeness (QED) is 0.712. The maximum Gasteiger partial charge on any atom is 0.329 e. The summed E-state index contributed by atoms with van der Waals surface area (Å²) < 4.78 is 4.70. The van der Waals surface area contributed by atoms with Crippen LogP contribution in [0.2, 0.25) is 0 Å². The third-order valence-electron chi connectivity index (χ3n) is 3.83. The molecule has 1 fully saturated rings. The number of ether oxygens (including phenoxy) is 1. The second-order valence-corrected chi connectivity index (χ2v) is 5.32. The number of esters is 1. The molecule has 0 aromatic heterocycles. The van der Waals surface area contributed by atoms with Gasteiger partial charge in [0.25, 0.3) is 0 Å². The van der Waals surface area contributed by atoms with Crippen molar-refractivity contribution in [2.75, 3.05) is 13.7 Å². The summed E-state index contributed by atoms with van der Waals surface area (Å²) in [5.74, 6) is 0.168. The van der Waals surface area contributed by atoms with E-state index in [9.17, 15) is 9.59 Å². The van der Waals surface area contributed by atoms with Gasteiger partial charge in [-0.1, -0.05) is 26.2 Å². The third kappa shape index (κ3) is 5.59. The van der Waals surface area contributed by atoms with Crippen molar-refractivity contribution < 1.29 is 14.3 Å². The maximum absolute atomic E-state index is 11.6. The van der Waals surface area contributed by atoms with E-state index in [1.165, 1.54) is 33.3 Å². The van der Waals surface area contributed by atoms with Gasteiger partial charge in [0, 0.05) is 19.5 Å². The highest BCUT2D eigenvalue weighted by molar-refractivity contribution is 5.83. The minimum absolute atomic E-state index is 0.215. The summed E-state index contributed by atoms with van der Waals surface area (Å²) in [7, 11) is 1.34. The number of carbonyl (C=O) groups is 2. The number of nitrogens with one attached hydrogen (secondary N) is 2. The molecule has 3 unspecified atom stereocenters. The van der Waals surface area contributed by atoms with Crippen LogP contribution in [0.25, 0.3) is 0 Å². The summed E-state index contributed by atoms with van der Waals surface area (Å²) in [4.78, 5) is 22.6. The average Bonchev–Trinajstić information content (AvgIpc) is 2.42. The van der Waals surface area contributed by atoms with Crippen molar-refractivity contribution in [2.45, 2.75) is 58.0 Å². The Kier molecular flexibility index (Phi) is 6.84. The van der Waals surface area contributed by atoms with E-state index in [4.69, 9.17) is 4.74 Å². The minimum Gasteiger partial charge on any atom is -0.467 e. The van der Waals surface area contributed by atoms with Gasteiger partial charge in [-0.15, -0.1) is 0 Å². The van der Waals surface area contributed by atoms with Crippen LogP contribution in [0.15, 0.2) is 0 Å². The van der Waals surface area contributed by atoms with Crippen molar-refractivity contribution in [3.05, 3.63) is 0 Å². The first-order valence-corrected chi connectivity index (χ1v) is 7.15. The van der Waals surface area contributed by atoms with Gasteiger partial charge < -0.3 is 15.4 Å². The van der Waals surface area contributed by atoms with Gasteiger partial charge in [-0.25, -0.2) is 4.79 Å². The molecule has 0 heterocycles. The summed E-state index contributed by atoms with van der Waals surface area (Å²) in [5.41, 5.74) is 0. The Morgan fingerprint density at radius 1 is 1.37 bits per heavy atom. The molecule has 1 aliphatic carbocycles. The molecule has 19 heavy (non-hydrogen) atoms. The largest absolute Gasteiger partial charge is 0.467 e. The number of hydrogen-bond donors (Lipinski definition) is 2. The number of methoxy groups -OCH3 is 1. The molecule has 0 bridgehead atoms. The van der Waals surface area contributed by atoms with Gasteiger partial charge in [-0.3, -0.25) is 4.79 Å². The van der Waals surface area contributed by atoms with E-state index in [-0.39, 0.29) is 5.91 Å². The number of hydrogen-bond acceptors (Lipinski definition) is 4. The van der Waals surface area contributed by atoms with Gasteiger partial charge in [-0.05, 0) is 18.8 Å². The number of rotatable bonds is 6. The highest BCUT2D eigenvalue weighted by Gasteiger charge is 2.24. The number of carbonyl (C=O) groups excluding carboxylic acids is 2. The molecule has 0 aromatic carbocycles. The summed E-state index contributed by atoms with van der Waals surface area (Å²) in [6.07, 6.45) is 6.05. The Labute approximate surface area is 115 Å². The van der Waals surface area contributed by atoms with Crippen LogP contribution in [0.4, 0.5) is 0 Å². The Balaban J connectivity index is 2.42. The van der Waals surface area contributed by atoms with Gasteiger partial charge in [0.05, 0.1) is 7.11 Å². The van der Waals surface area contributed by atoms with E-state index in [1.54, 1.807) is 0 Å². The second-order valence-electron chi connectivity index (χ2n) is 5.32. The predicted octanol–water partition coefficient (Wildman–Crippen LogP) is 1.22. The summed E-state index contributed by atoms with van der Waals surface area (Å²) in [5, 5.41) is 6.01. The second kappa shape index (κ2) is 8.15. The fourth-order valence-corrected chi connectivity index (χ4v) is 2.71. The highest BCUT2D eigenvalue weighted by Crippen LogP contribution is 2.26. The molecule has 5 nitrogen and oxygen atoms in total. The lowest BCUT2D eigenvalue weighted by Crippen LogP contribution is -2.49. The average molecular weight is 270 g/mol. The van der Waals surface area contributed by atoms with E-state index >= 15 is 0 Å². The SMILES string of the molecule is CCC1CCCC(NCC(NC(C)=O)C(=O)OC)C1. The summed E-state index contributed by atoms with van der Waals surface area (Å²) in [6, 6.07) is -0.149. The zero-order valence-corrected chi connectivity index (χ0v) is 12.2. The van der Waals surface area contributed by atoms with Crippen LogP contribution in [0.3, 0.4) is 0 Å². The molecule has 5 heteroatoms. The first-order chi connectivity index (χ1) is 9.06. The van der Waals surface area contributed by atoms with Gasteiger partial charge in [-0.2, -0.15) is 0 Å². The van der Waals surface area contributed by atoms with Crippen LogP contribution in [0.1, 0.15) is 46.0 Å². The van der Waals surface area contributed by atoms with Gasteiger partial charge >= 0.3 is 5.97 Å². The predicted molar refractivity (Wildman–Crippen MR) is 73.7 cm³/mol. The lowest BCUT2D eigenvalue weighted by molar-refractivity contribution is -0.144. The number of amides is 1. The molecule has 2 N–H and O–H groups in total. The summed E-state index contributed by atoms with van der Waals surface area (Å²) in [6.45, 7) is 4.07. The van der Waals surface area contributed by atoms with Crippen LogP contribution < -0.4 is 10.6 Å². The standard InChI is InChI=1S/C14H26N2O3/c1-4-11-6-5-7-12(8-11)15-9-13(14(18)19-3)16-10(2)17/h11-13,15H,4-9H2,1-3H3,(H,16,17). The van der Waals surface area contributed by atoms with Crippen molar-refractivity contribution >= 4 is 11.9 Å². The lowest BCUT2D eigenvalue weighted by atomic mass is 9.84. The molecule has 0 saturated heterocycles. The van der Waals surface area contributed by atoms with E-state index in [0.717, 1.165) is 18.8 Å². The Morgan fingerprint density at radius 3 is 2.68 bits per heavy atom. The Morgan fingerprint density at radius 2 is 2.11 bits per heavy atom. The molecule has 0 aliphatic heterocycles. The van der Waals surface area contributed by atoms with Crippen molar-refractivity contribution in [2.24, 2.45) is 5.92 Å². The molecule has 3 atom stereocenters. The van der Waals surface area contributed by atoms with E-state index in [0.29, 0.717) is 12.6 Å². The first kappa shape index (κ1) is 16.0. The van der Waals surface area contributed by atoms with E-state index in [1.807, 2.05) is 0 Å². The monoisotopic (exact) mass is 270 g/mol. The molecule has 1 saturated carbocycles. The van der Waals surface area contributed by atoms with Crippen LogP contribution in [0, 0.1) is 5.92 Å². The normalized spacial score (nSPS) is 24.6. The molecular weight excluding hydrogens is 244 g/mol. The zero-order valence-electron chi connectivity index (χ0n) is 12.2. The zero-order chi connectivity index (χ0) is 14.3. The molecular formula is C14H26N2O3. The van der Waals surface area contributed by atoms with Crippen LogP contribution >= 0.6 is 0 Å². The van der Waals surface area contributed by atoms with Crippen molar-refractivity contribution in [3.63, 3.8) is 0 Å². The summed E-state index contributed by atoms with van der Waals surface area (Å²) >= 11 is 0. The van der Waals surface area contributed by atoms with Crippen LogP contribution in [-0.2, 0) is 14.3 Å². The fourth-order valence-electron chi connectivity index (χ4n) is 2.71. The first-order valence-electron chi connectivity index (χ1n) is 7.15. The molecule has 0 radical (unpaired) electrons. The Bertz CT molecular complexity index is 307. The van der Waals surface area contributed by atoms with Crippen molar-refractivity contribution in [1.82, 2.24) is 10.6 Å². The van der Waals surface area contributed by atoms with E-state index < -0.39 is 12.0 Å². The van der Waals surface area contributed by atoms with Crippen molar-refractivity contribution in [3.8, 4) is 0 Å². The van der Waals surface area contributed by atoms with E-state index in [2.05, 4.69) is 17.6 Å². The van der Waals surface area contributed by atoms with Gasteiger partial charge in [0.2, 0.25) is 5.91 Å². The molecule has 1 amide bonds. The molecule has 110 valence electrons. The Hall–Kier alpha value is -1.10. The highest BCUT2D eigenvalue weighted by atomic mass is 16.5. The topological polar surface area (TPSA) is 67.4 Å². The minimum atomic E-state index is -0.593. The van der Waals surface area contributed by atoms with Crippen LogP contribution in [0.5, 0.6) is 0 Å². The van der Waals surface area contributed by atoms with Crippen molar-refractivity contribution in [1.29, 1.82) is 0 Å². The smallest absolute Gasteiger partial charge is 0.329 e. The maximum atomic E-state index is 11.6. The van der Waals surface area contributed by atoms with Gasteiger partial charge in [0.15, 0.2) is 0 Å². The molecule has 1 rings (SSSR count). The van der Waals surface area contributed by atoms with Gasteiger partial charge in [0.1, 0.15) is 6.04 Å². The third-order valence-corrected chi connectivity index (χ3v) is 3.83. The molecule has 0 aromatic rings. The fraction of sp³-hybridized carbons (Fsp3) is 0.857. The lowest BCUT2D eigenvalue weighted by Gasteiger charge is -2.30.